The maximum Gasteiger partial charge on any atom is 0.153 e. The van der Waals surface area contributed by atoms with Gasteiger partial charge in [-0.25, -0.2) is 8.42 Å². The van der Waals surface area contributed by atoms with Crippen molar-refractivity contribution in [3.05, 3.63) is 0 Å². The van der Waals surface area contributed by atoms with E-state index < -0.39 is 9.84 Å². The van der Waals surface area contributed by atoms with Gasteiger partial charge in [0.25, 0.3) is 0 Å². The van der Waals surface area contributed by atoms with Crippen LogP contribution in [0.4, 0.5) is 0 Å². The Labute approximate surface area is 78.0 Å². The molecule has 0 aromatic rings. The summed E-state index contributed by atoms with van der Waals surface area (Å²) >= 11 is 0. The summed E-state index contributed by atoms with van der Waals surface area (Å²) in [6.45, 7) is 1.51. The predicted octanol–water partition coefficient (Wildman–Crippen LogP) is -1.62. The fourth-order valence-electron chi connectivity index (χ4n) is 1.18. The van der Waals surface area contributed by atoms with Crippen LogP contribution in [0.1, 0.15) is 0 Å². The van der Waals surface area contributed by atoms with Gasteiger partial charge < -0.3 is 15.2 Å². The Kier molecular flexibility index (Phi) is 4.11. The van der Waals surface area contributed by atoms with Gasteiger partial charge in [0.05, 0.1) is 31.3 Å². The number of aliphatic hydroxyl groups is 1. The normalized spacial score (nSPS) is 21.3. The van der Waals surface area contributed by atoms with Crippen molar-refractivity contribution in [3.63, 3.8) is 0 Å². The highest BCUT2D eigenvalue weighted by molar-refractivity contribution is 7.92. The van der Waals surface area contributed by atoms with E-state index in [4.69, 9.17) is 9.84 Å². The van der Waals surface area contributed by atoms with Crippen molar-refractivity contribution in [1.82, 2.24) is 5.32 Å². The highest BCUT2D eigenvalue weighted by Gasteiger charge is 2.32. The molecule has 0 atom stereocenters. The number of hydrogen-bond donors (Lipinski definition) is 2. The SMILES string of the molecule is O=S1(=O)CC(NCCOCCO)C1. The van der Waals surface area contributed by atoms with Crippen molar-refractivity contribution < 1.29 is 18.3 Å². The zero-order valence-corrected chi connectivity index (χ0v) is 8.22. The molecule has 78 valence electrons. The minimum Gasteiger partial charge on any atom is -0.394 e. The zero-order chi connectivity index (χ0) is 9.73. The van der Waals surface area contributed by atoms with Crippen LogP contribution in [-0.4, -0.2) is 57.4 Å². The third-order valence-corrected chi connectivity index (χ3v) is 3.65. The zero-order valence-electron chi connectivity index (χ0n) is 7.40. The van der Waals surface area contributed by atoms with Crippen molar-refractivity contribution in [2.75, 3.05) is 37.9 Å². The summed E-state index contributed by atoms with van der Waals surface area (Å²) in [5, 5.41) is 11.4. The fraction of sp³-hybridized carbons (Fsp3) is 1.00. The highest BCUT2D eigenvalue weighted by Crippen LogP contribution is 2.09. The molecule has 0 unspecified atom stereocenters. The lowest BCUT2D eigenvalue weighted by atomic mass is 10.4. The van der Waals surface area contributed by atoms with Gasteiger partial charge in [0.15, 0.2) is 9.84 Å². The molecule has 1 aliphatic rings. The molecule has 13 heavy (non-hydrogen) atoms. The lowest BCUT2D eigenvalue weighted by Crippen LogP contribution is -2.51. The predicted molar refractivity (Wildman–Crippen MR) is 48.3 cm³/mol. The van der Waals surface area contributed by atoms with Crippen molar-refractivity contribution in [3.8, 4) is 0 Å². The van der Waals surface area contributed by atoms with E-state index in [2.05, 4.69) is 5.32 Å². The second kappa shape index (κ2) is 4.90. The van der Waals surface area contributed by atoms with E-state index in [-0.39, 0.29) is 24.2 Å². The monoisotopic (exact) mass is 209 g/mol. The smallest absolute Gasteiger partial charge is 0.153 e. The average Bonchev–Trinajstić information content (AvgIpc) is 2.00. The van der Waals surface area contributed by atoms with E-state index in [0.717, 1.165) is 0 Å². The molecule has 2 N–H and O–H groups in total. The van der Waals surface area contributed by atoms with E-state index in [1.165, 1.54) is 0 Å². The van der Waals surface area contributed by atoms with E-state index >= 15 is 0 Å². The first-order valence-corrected chi connectivity index (χ1v) is 6.08. The van der Waals surface area contributed by atoms with Crippen LogP contribution in [0, 0.1) is 0 Å². The van der Waals surface area contributed by atoms with Crippen molar-refractivity contribution >= 4 is 9.84 Å². The Balaban J connectivity index is 1.91. The van der Waals surface area contributed by atoms with Gasteiger partial charge in [0.2, 0.25) is 0 Å². The molecule has 1 heterocycles. The average molecular weight is 209 g/mol. The lowest BCUT2D eigenvalue weighted by molar-refractivity contribution is 0.0930. The molecular weight excluding hydrogens is 194 g/mol. The molecule has 1 fully saturated rings. The molecule has 0 radical (unpaired) electrons. The van der Waals surface area contributed by atoms with Gasteiger partial charge >= 0.3 is 0 Å². The Morgan fingerprint density at radius 3 is 2.62 bits per heavy atom. The molecule has 0 aliphatic carbocycles. The van der Waals surface area contributed by atoms with Crippen LogP contribution in [0.2, 0.25) is 0 Å². The van der Waals surface area contributed by atoms with Crippen molar-refractivity contribution in [2.45, 2.75) is 6.04 Å². The first kappa shape index (κ1) is 10.9. The Hall–Kier alpha value is -0.170. The molecular formula is C7H15NO4S. The summed E-state index contributed by atoms with van der Waals surface area (Å²) in [6.07, 6.45) is 0. The number of sulfone groups is 1. The molecule has 0 aromatic carbocycles. The van der Waals surface area contributed by atoms with Gasteiger partial charge in [0.1, 0.15) is 0 Å². The van der Waals surface area contributed by atoms with Crippen LogP contribution in [0.3, 0.4) is 0 Å². The summed E-state index contributed by atoms with van der Waals surface area (Å²) in [6, 6.07) is 0.0997. The molecule has 0 spiro atoms. The molecule has 0 bridgehead atoms. The second-order valence-corrected chi connectivity index (χ2v) is 5.22. The number of rotatable bonds is 6. The summed E-state index contributed by atoms with van der Waals surface area (Å²) in [5.41, 5.74) is 0. The van der Waals surface area contributed by atoms with Crippen LogP contribution in [0.15, 0.2) is 0 Å². The molecule has 1 aliphatic heterocycles. The number of ether oxygens (including phenoxy) is 1. The van der Waals surface area contributed by atoms with Crippen LogP contribution in [0.5, 0.6) is 0 Å². The van der Waals surface area contributed by atoms with E-state index in [9.17, 15) is 8.42 Å². The van der Waals surface area contributed by atoms with Crippen molar-refractivity contribution in [2.24, 2.45) is 0 Å². The van der Waals surface area contributed by atoms with Gasteiger partial charge in [-0.2, -0.15) is 0 Å². The number of aliphatic hydroxyl groups excluding tert-OH is 1. The first-order chi connectivity index (χ1) is 6.14. The largest absolute Gasteiger partial charge is 0.394 e. The van der Waals surface area contributed by atoms with E-state index in [1.807, 2.05) is 0 Å². The molecule has 0 saturated carbocycles. The van der Waals surface area contributed by atoms with Crippen LogP contribution >= 0.6 is 0 Å². The molecule has 0 aromatic heterocycles. The molecule has 1 saturated heterocycles. The summed E-state index contributed by atoms with van der Waals surface area (Å²) in [4.78, 5) is 0. The summed E-state index contributed by atoms with van der Waals surface area (Å²) in [5.74, 6) is 0.486. The van der Waals surface area contributed by atoms with Gasteiger partial charge in [-0.05, 0) is 0 Å². The van der Waals surface area contributed by atoms with Crippen LogP contribution in [-0.2, 0) is 14.6 Å². The number of nitrogens with one attached hydrogen (secondary N) is 1. The van der Waals surface area contributed by atoms with E-state index in [1.54, 1.807) is 0 Å². The number of hydrogen-bond acceptors (Lipinski definition) is 5. The molecule has 0 amide bonds. The standard InChI is InChI=1S/C7H15NO4S/c9-2-4-12-3-1-8-7-5-13(10,11)6-7/h7-9H,1-6H2. The topological polar surface area (TPSA) is 75.6 Å². The third-order valence-electron chi connectivity index (χ3n) is 1.83. The van der Waals surface area contributed by atoms with Gasteiger partial charge in [-0.3, -0.25) is 0 Å². The minimum atomic E-state index is -2.72. The summed E-state index contributed by atoms with van der Waals surface area (Å²) < 4.78 is 26.4. The fourth-order valence-corrected chi connectivity index (χ4v) is 2.55. The van der Waals surface area contributed by atoms with E-state index in [0.29, 0.717) is 19.8 Å². The quantitative estimate of drug-likeness (QED) is 0.514. The van der Waals surface area contributed by atoms with Gasteiger partial charge in [0, 0.05) is 12.6 Å². The molecule has 5 nitrogen and oxygen atoms in total. The Morgan fingerprint density at radius 1 is 1.38 bits per heavy atom. The minimum absolute atomic E-state index is 0.0256. The second-order valence-electron chi connectivity index (χ2n) is 3.06. The Morgan fingerprint density at radius 2 is 2.08 bits per heavy atom. The third kappa shape index (κ3) is 4.04. The highest BCUT2D eigenvalue weighted by atomic mass is 32.2. The first-order valence-electron chi connectivity index (χ1n) is 4.26. The maximum absolute atomic E-state index is 10.7. The Bertz CT molecular complexity index is 227. The van der Waals surface area contributed by atoms with Crippen LogP contribution in [0.25, 0.3) is 0 Å². The lowest BCUT2D eigenvalue weighted by Gasteiger charge is -2.26. The van der Waals surface area contributed by atoms with Crippen molar-refractivity contribution in [1.29, 1.82) is 0 Å². The van der Waals surface area contributed by atoms with Gasteiger partial charge in [-0.1, -0.05) is 0 Å². The summed E-state index contributed by atoms with van der Waals surface area (Å²) in [7, 11) is -2.72. The van der Waals surface area contributed by atoms with Crippen LogP contribution < -0.4 is 5.32 Å². The van der Waals surface area contributed by atoms with Gasteiger partial charge in [-0.15, -0.1) is 0 Å². The molecule has 1 rings (SSSR count). The maximum atomic E-state index is 10.7. The molecule has 6 heteroatoms.